The first-order chi connectivity index (χ1) is 14.1. The molecule has 186 valence electrons. The molecule has 0 rings (SSSR count). The van der Waals surface area contributed by atoms with Crippen molar-refractivity contribution in [3.05, 3.63) is 0 Å². The number of carbonyl (C=O) groups excluding carboxylic acids is 1. The second-order valence-electron chi connectivity index (χ2n) is 10.8. The second-order valence-corrected chi connectivity index (χ2v) is 12.5. The molecule has 0 aliphatic heterocycles. The smallest absolute Gasteiger partial charge is 0.278 e. The number of aliphatic carboxylic acids is 1. The summed E-state index contributed by atoms with van der Waals surface area (Å²) in [7, 11) is 0.0915. The SMILES string of the molecule is CCCCCCCCCCCCNCC(C(C(=O)[O-])[N+](C)(C)C)(C(C)(C)C)S(=O)(=O)O. The van der Waals surface area contributed by atoms with Crippen molar-refractivity contribution in [3.63, 3.8) is 0 Å². The Bertz CT molecular complexity index is 623. The largest absolute Gasteiger partial charge is 0.544 e. The van der Waals surface area contributed by atoms with Gasteiger partial charge in [0.15, 0.2) is 10.8 Å². The topological polar surface area (TPSA) is 107 Å². The molecule has 2 atom stereocenters. The molecule has 0 saturated carbocycles. The molecule has 0 amide bonds. The van der Waals surface area contributed by atoms with E-state index in [4.69, 9.17) is 0 Å². The molecule has 8 heteroatoms. The molecule has 0 aromatic heterocycles. The van der Waals surface area contributed by atoms with Crippen LogP contribution in [0.3, 0.4) is 0 Å². The fourth-order valence-corrected chi connectivity index (χ4v) is 6.29. The van der Waals surface area contributed by atoms with Gasteiger partial charge in [0.25, 0.3) is 10.1 Å². The van der Waals surface area contributed by atoms with E-state index in [1.54, 1.807) is 41.9 Å². The Morgan fingerprint density at radius 2 is 1.35 bits per heavy atom. The van der Waals surface area contributed by atoms with Gasteiger partial charge in [-0.1, -0.05) is 85.5 Å². The predicted molar refractivity (Wildman–Crippen MR) is 125 cm³/mol. The molecule has 0 fully saturated rings. The number of carboxylic acids is 1. The van der Waals surface area contributed by atoms with Gasteiger partial charge >= 0.3 is 0 Å². The first-order valence-electron chi connectivity index (χ1n) is 11.8. The molecule has 0 bridgehead atoms. The van der Waals surface area contributed by atoms with Crippen LogP contribution >= 0.6 is 0 Å². The number of hydrogen-bond donors (Lipinski definition) is 2. The van der Waals surface area contributed by atoms with E-state index in [9.17, 15) is 22.9 Å². The first kappa shape index (κ1) is 30.3. The summed E-state index contributed by atoms with van der Waals surface area (Å²) in [5, 5.41) is 15.2. The van der Waals surface area contributed by atoms with E-state index in [1.165, 1.54) is 44.9 Å². The van der Waals surface area contributed by atoms with Gasteiger partial charge in [-0.25, -0.2) is 0 Å². The monoisotopic (exact) mass is 464 g/mol. The zero-order chi connectivity index (χ0) is 24.3. The molecular weight excluding hydrogens is 416 g/mol. The van der Waals surface area contributed by atoms with E-state index in [2.05, 4.69) is 12.2 Å². The first-order valence-corrected chi connectivity index (χ1v) is 13.3. The highest BCUT2D eigenvalue weighted by Crippen LogP contribution is 2.42. The number of hydrogen-bond acceptors (Lipinski definition) is 5. The minimum atomic E-state index is -4.73. The van der Waals surface area contributed by atoms with E-state index in [-0.39, 0.29) is 11.0 Å². The lowest BCUT2D eigenvalue weighted by atomic mass is 9.74. The summed E-state index contributed by atoms with van der Waals surface area (Å²) in [6.45, 7) is 7.58. The number of carboxylic acid groups (broad SMARTS) is 1. The summed E-state index contributed by atoms with van der Waals surface area (Å²) in [5.41, 5.74) is -1.04. The lowest BCUT2D eigenvalue weighted by Crippen LogP contribution is -2.75. The third-order valence-corrected chi connectivity index (χ3v) is 8.16. The fraction of sp³-hybridized carbons (Fsp3) is 0.957. The van der Waals surface area contributed by atoms with E-state index in [1.807, 2.05) is 0 Å². The van der Waals surface area contributed by atoms with Crippen LogP contribution in [0.1, 0.15) is 91.9 Å². The highest BCUT2D eigenvalue weighted by atomic mass is 32.2. The Kier molecular flexibility index (Phi) is 12.8. The highest BCUT2D eigenvalue weighted by molar-refractivity contribution is 7.87. The maximum absolute atomic E-state index is 12.6. The summed E-state index contributed by atoms with van der Waals surface area (Å²) < 4.78 is 33.4. The Hall–Kier alpha value is -0.700. The molecule has 2 N–H and O–H groups in total. The zero-order valence-corrected chi connectivity index (χ0v) is 21.8. The second kappa shape index (κ2) is 13.1. The van der Waals surface area contributed by atoms with Crippen molar-refractivity contribution in [3.8, 4) is 0 Å². The third-order valence-electron chi connectivity index (χ3n) is 6.26. The number of nitrogens with one attached hydrogen (secondary N) is 1. The van der Waals surface area contributed by atoms with Crippen LogP contribution in [0, 0.1) is 5.41 Å². The normalized spacial score (nSPS) is 16.1. The van der Waals surface area contributed by atoms with Crippen LogP contribution in [0.25, 0.3) is 0 Å². The summed E-state index contributed by atoms with van der Waals surface area (Å²) in [6.07, 6.45) is 12.0. The fourth-order valence-electron chi connectivity index (χ4n) is 4.53. The molecule has 0 spiro atoms. The minimum Gasteiger partial charge on any atom is -0.544 e. The van der Waals surface area contributed by atoms with E-state index >= 15 is 0 Å². The van der Waals surface area contributed by atoms with Gasteiger partial charge in [-0.15, -0.1) is 0 Å². The Balaban J connectivity index is 4.93. The van der Waals surface area contributed by atoms with Gasteiger partial charge in [-0.05, 0) is 18.4 Å². The number of nitrogens with zero attached hydrogens (tertiary/aromatic N) is 1. The molecule has 31 heavy (non-hydrogen) atoms. The Labute approximate surface area is 191 Å². The molecule has 0 aliphatic carbocycles. The zero-order valence-electron chi connectivity index (χ0n) is 21.0. The maximum Gasteiger partial charge on any atom is 0.278 e. The summed E-state index contributed by atoms with van der Waals surface area (Å²) in [5.74, 6) is -1.49. The van der Waals surface area contributed by atoms with Crippen LogP contribution in [0.2, 0.25) is 0 Å². The number of unbranched alkanes of at least 4 members (excludes halogenated alkanes) is 9. The van der Waals surface area contributed by atoms with E-state index < -0.39 is 32.3 Å². The van der Waals surface area contributed by atoms with Gasteiger partial charge in [-0.3, -0.25) is 4.55 Å². The molecule has 0 radical (unpaired) electrons. The van der Waals surface area contributed by atoms with Crippen molar-refractivity contribution in [1.29, 1.82) is 0 Å². The van der Waals surface area contributed by atoms with Gasteiger partial charge in [0.2, 0.25) is 0 Å². The Morgan fingerprint density at radius 1 is 0.935 bits per heavy atom. The van der Waals surface area contributed by atoms with Gasteiger partial charge in [-0.2, -0.15) is 8.42 Å². The van der Waals surface area contributed by atoms with Gasteiger partial charge in [0, 0.05) is 6.54 Å². The van der Waals surface area contributed by atoms with Crippen LogP contribution < -0.4 is 10.4 Å². The molecule has 0 heterocycles. The predicted octanol–water partition coefficient (Wildman–Crippen LogP) is 2.99. The number of rotatable bonds is 17. The molecule has 0 aromatic rings. The Morgan fingerprint density at radius 3 is 1.68 bits per heavy atom. The van der Waals surface area contributed by atoms with Crippen LogP contribution in [-0.4, -0.2) is 68.4 Å². The standard InChI is InChI=1S/C23H48N2O5S/c1-8-9-10-11-12-13-14-15-16-17-18-24-19-23(22(2,3)4,31(28,29)30)20(21(26)27)25(5,6)7/h20,24H,8-19H2,1-7H3,(H-,26,27,28,29,30). The average Bonchev–Trinajstić information content (AvgIpc) is 2.57. The summed E-state index contributed by atoms with van der Waals surface area (Å²) >= 11 is 0. The van der Waals surface area contributed by atoms with E-state index in [0.29, 0.717) is 6.54 Å². The lowest BCUT2D eigenvalue weighted by molar-refractivity contribution is -0.892. The number of carbonyl (C=O) groups is 1. The van der Waals surface area contributed by atoms with Crippen molar-refractivity contribution in [2.75, 3.05) is 34.2 Å². The third kappa shape index (κ3) is 9.36. The van der Waals surface area contributed by atoms with Crippen LogP contribution in [-0.2, 0) is 14.9 Å². The van der Waals surface area contributed by atoms with E-state index in [0.717, 1.165) is 19.3 Å². The van der Waals surface area contributed by atoms with Crippen molar-refractivity contribution in [1.82, 2.24) is 5.32 Å². The number of likely N-dealkylation sites (N-methyl/N-ethyl adjacent to an activating group) is 1. The molecule has 0 aromatic carbocycles. The maximum atomic E-state index is 12.6. The molecule has 2 unspecified atom stereocenters. The van der Waals surface area contributed by atoms with Gasteiger partial charge in [0.1, 0.15) is 5.97 Å². The summed E-state index contributed by atoms with van der Waals surface area (Å²) in [4.78, 5) is 12.1. The van der Waals surface area contributed by atoms with Crippen molar-refractivity contribution in [2.45, 2.75) is 103 Å². The van der Waals surface area contributed by atoms with Gasteiger partial charge in [0.05, 0.1) is 21.1 Å². The molecule has 0 aliphatic rings. The van der Waals surface area contributed by atoms with Crippen LogP contribution in [0.5, 0.6) is 0 Å². The quantitative estimate of drug-likeness (QED) is 0.195. The molecular formula is C23H48N2O5S. The number of quaternary nitrogens is 1. The minimum absolute atomic E-state index is 0.152. The van der Waals surface area contributed by atoms with Crippen molar-refractivity contribution >= 4 is 16.1 Å². The van der Waals surface area contributed by atoms with Crippen molar-refractivity contribution in [2.24, 2.45) is 5.41 Å². The lowest BCUT2D eigenvalue weighted by Gasteiger charge is -2.51. The van der Waals surface area contributed by atoms with Crippen molar-refractivity contribution < 1.29 is 27.4 Å². The van der Waals surface area contributed by atoms with Crippen LogP contribution in [0.4, 0.5) is 0 Å². The summed E-state index contributed by atoms with van der Waals surface area (Å²) in [6, 6.07) is -1.44. The molecule has 0 saturated heterocycles. The average molecular weight is 465 g/mol. The molecule has 7 nitrogen and oxygen atoms in total. The highest BCUT2D eigenvalue weighted by Gasteiger charge is 2.63. The van der Waals surface area contributed by atoms with Gasteiger partial charge < -0.3 is 19.7 Å². The van der Waals surface area contributed by atoms with Crippen LogP contribution in [0.15, 0.2) is 0 Å².